The first kappa shape index (κ1) is 10.5. The van der Waals surface area contributed by atoms with Gasteiger partial charge in [-0.3, -0.25) is 0 Å². The Morgan fingerprint density at radius 3 is 2.29 bits per heavy atom. The minimum Gasteiger partial charge on any atom is -0.566 e. The molecule has 3 nitrogen and oxygen atoms in total. The summed E-state index contributed by atoms with van der Waals surface area (Å²) in [4.78, 5) is 9.41. The van der Waals surface area contributed by atoms with E-state index in [1.807, 2.05) is 0 Å². The van der Waals surface area contributed by atoms with E-state index in [0.717, 1.165) is 0 Å². The smallest absolute Gasteiger partial charge is 0.566 e. The van der Waals surface area contributed by atoms with Crippen LogP contribution in [0.1, 0.15) is 6.92 Å². The predicted molar refractivity (Wildman–Crippen MR) is 19.2 cm³/mol. The van der Waals surface area contributed by atoms with E-state index in [9.17, 15) is 9.46 Å². The van der Waals surface area contributed by atoms with Gasteiger partial charge in [-0.05, 0) is 11.5 Å². The molecule has 0 radical (unpaired) electrons. The van der Waals surface area contributed by atoms with Crippen molar-refractivity contribution >= 4 is 8.25 Å². The molecule has 0 amide bonds. The van der Waals surface area contributed by atoms with Crippen molar-refractivity contribution in [2.45, 2.75) is 6.92 Å². The fourth-order valence-electron chi connectivity index (χ4n) is 0.105. The number of hydrogen-bond acceptors (Lipinski definition) is 3. The van der Waals surface area contributed by atoms with E-state index in [2.05, 4.69) is 4.52 Å². The first-order valence-electron chi connectivity index (χ1n) is 1.54. The van der Waals surface area contributed by atoms with Gasteiger partial charge in [0.15, 0.2) is 0 Å². The third-order valence-corrected chi connectivity index (χ3v) is 0.704. The van der Waals surface area contributed by atoms with Gasteiger partial charge >= 0.3 is 25.3 Å². The third-order valence-electron chi connectivity index (χ3n) is 0.235. The van der Waals surface area contributed by atoms with Crippen LogP contribution in [0.5, 0.6) is 0 Å². The molecule has 0 rings (SSSR count). The van der Waals surface area contributed by atoms with Gasteiger partial charge in [0.05, 0.1) is 6.61 Å². The van der Waals surface area contributed by atoms with E-state index in [1.54, 1.807) is 6.92 Å². The van der Waals surface area contributed by atoms with Crippen molar-refractivity contribution in [2.75, 3.05) is 6.61 Å². The van der Waals surface area contributed by atoms with Crippen LogP contribution in [0.4, 0.5) is 0 Å². The van der Waals surface area contributed by atoms with E-state index in [0.29, 0.717) is 0 Å². The van der Waals surface area contributed by atoms with Gasteiger partial charge in [0.1, 0.15) is 0 Å². The van der Waals surface area contributed by atoms with Crippen LogP contribution < -0.4 is 4.89 Å². The fraction of sp³-hybridized carbons (Fsp3) is 1.00. The predicted octanol–water partition coefficient (Wildman–Crippen LogP) is 0.0381. The summed E-state index contributed by atoms with van der Waals surface area (Å²) in [6.45, 7) is 1.85. The molecule has 1 atom stereocenters. The minimum atomic E-state index is -2.60. The zero-order valence-corrected chi connectivity index (χ0v) is 5.52. The van der Waals surface area contributed by atoms with Gasteiger partial charge in [0.25, 0.3) is 0 Å². The molecule has 0 aliphatic carbocycles. The van der Waals surface area contributed by atoms with E-state index in [4.69, 9.17) is 0 Å². The summed E-state index contributed by atoms with van der Waals surface area (Å²) in [5.74, 6) is 0. The summed E-state index contributed by atoms with van der Waals surface area (Å²) in [5.41, 5.74) is 0. The van der Waals surface area contributed by atoms with E-state index < -0.39 is 8.25 Å². The first-order valence-corrected chi connectivity index (χ1v) is 2.64. The molecule has 0 aliphatic rings. The van der Waals surface area contributed by atoms with Crippen molar-refractivity contribution < 1.29 is 31.1 Å². The molecule has 7 heavy (non-hydrogen) atoms. The van der Waals surface area contributed by atoms with Crippen LogP contribution >= 0.6 is 8.25 Å². The van der Waals surface area contributed by atoms with Gasteiger partial charge in [0.2, 0.25) is 0 Å². The summed E-state index contributed by atoms with van der Waals surface area (Å²) >= 11 is 0. The molecule has 0 fully saturated rings. The van der Waals surface area contributed by atoms with E-state index >= 15 is 0 Å². The number of hydrogen-bond donors (Lipinski definition) is 0. The quantitative estimate of drug-likeness (QED) is 0.435. The molecule has 5 heteroatoms. The average molecular weight is 172 g/mol. The summed E-state index contributed by atoms with van der Waals surface area (Å²) < 4.78 is 13.4. The minimum absolute atomic E-state index is 0. The van der Waals surface area contributed by atoms with Gasteiger partial charge in [0, 0.05) is 0 Å². The molecule has 0 aliphatic heterocycles. The average Bonchev–Trinajstić information content (AvgIpc) is 1.35. The fourth-order valence-corrected chi connectivity index (χ4v) is 0.316. The number of rotatable bonds is 2. The molecule has 0 aromatic rings. The maximum absolute atomic E-state index is 9.41. The van der Waals surface area contributed by atoms with E-state index in [1.165, 1.54) is 0 Å². The molecule has 1 unspecified atom stereocenters. The SMILES string of the molecule is CCO[P+](=O)[O-].[Cu+]. The summed E-state index contributed by atoms with van der Waals surface area (Å²) in [5, 5.41) is 0. The Hall–Kier alpha value is 0.539. The second-order valence-corrected chi connectivity index (χ2v) is 1.35. The van der Waals surface area contributed by atoms with Crippen molar-refractivity contribution in [2.24, 2.45) is 0 Å². The van der Waals surface area contributed by atoms with Gasteiger partial charge in [-0.1, -0.05) is 0 Å². The standard InChI is InChI=1S/C2H5O3P.Cu/c1-2-5-6(3)4;/h2H2,1H3;/q;+1. The Morgan fingerprint density at radius 2 is 2.29 bits per heavy atom. The molecule has 0 saturated heterocycles. The summed E-state index contributed by atoms with van der Waals surface area (Å²) in [6.07, 6.45) is 0. The normalized spacial score (nSPS) is 9.71. The zero-order chi connectivity index (χ0) is 4.99. The van der Waals surface area contributed by atoms with Crippen LogP contribution in [-0.2, 0) is 26.2 Å². The van der Waals surface area contributed by atoms with Crippen molar-refractivity contribution in [3.63, 3.8) is 0 Å². The van der Waals surface area contributed by atoms with E-state index in [-0.39, 0.29) is 23.7 Å². The Kier molecular flexibility index (Phi) is 9.82. The second kappa shape index (κ2) is 6.54. The molecule has 0 aromatic heterocycles. The Balaban J connectivity index is 0. The molecule has 0 spiro atoms. The van der Waals surface area contributed by atoms with Crippen LogP contribution in [0.3, 0.4) is 0 Å². The zero-order valence-electron chi connectivity index (χ0n) is 3.68. The Bertz CT molecular complexity index is 56.9. The molecule has 0 bridgehead atoms. The Labute approximate surface area is 53.5 Å². The van der Waals surface area contributed by atoms with Crippen LogP contribution in [0, 0.1) is 0 Å². The maximum atomic E-state index is 9.41. The largest absolute Gasteiger partial charge is 1.00 e. The summed E-state index contributed by atoms with van der Waals surface area (Å²) in [7, 11) is -2.60. The molecule has 0 saturated carbocycles. The molecule has 0 aromatic carbocycles. The van der Waals surface area contributed by atoms with Gasteiger partial charge in [-0.25, -0.2) is 0 Å². The van der Waals surface area contributed by atoms with Crippen molar-refractivity contribution in [1.29, 1.82) is 0 Å². The van der Waals surface area contributed by atoms with Crippen LogP contribution in [0.25, 0.3) is 0 Å². The maximum Gasteiger partial charge on any atom is 1.00 e. The van der Waals surface area contributed by atoms with Gasteiger partial charge in [-0.2, -0.15) is 0 Å². The topological polar surface area (TPSA) is 49.4 Å². The molecular weight excluding hydrogens is 167 g/mol. The van der Waals surface area contributed by atoms with Crippen LogP contribution in [0.15, 0.2) is 0 Å². The Morgan fingerprint density at radius 1 is 1.86 bits per heavy atom. The van der Waals surface area contributed by atoms with Gasteiger partial charge < -0.3 is 4.89 Å². The van der Waals surface area contributed by atoms with Crippen molar-refractivity contribution in [3.05, 3.63) is 0 Å². The third kappa shape index (κ3) is 10.8. The van der Waals surface area contributed by atoms with Crippen molar-refractivity contribution in [3.8, 4) is 0 Å². The van der Waals surface area contributed by atoms with Gasteiger partial charge in [-0.15, -0.1) is 4.52 Å². The van der Waals surface area contributed by atoms with Crippen LogP contribution in [-0.4, -0.2) is 6.61 Å². The van der Waals surface area contributed by atoms with Crippen LogP contribution in [0.2, 0.25) is 0 Å². The second-order valence-electron chi connectivity index (χ2n) is 0.641. The molecule has 0 heterocycles. The molecule has 0 N–H and O–H groups in total. The monoisotopic (exact) mass is 171 g/mol. The molecular formula is C2H5CuO3P+. The molecule has 46 valence electrons. The summed E-state index contributed by atoms with van der Waals surface area (Å²) in [6, 6.07) is 0. The van der Waals surface area contributed by atoms with Crippen molar-refractivity contribution in [1.82, 2.24) is 0 Å². The first-order chi connectivity index (χ1) is 2.77.